The normalized spacial score (nSPS) is 22.3. The Labute approximate surface area is 110 Å². The smallest absolute Gasteiger partial charge is 0.118 e. The van der Waals surface area contributed by atoms with E-state index in [0.29, 0.717) is 5.75 Å². The molecule has 0 saturated heterocycles. The van der Waals surface area contributed by atoms with Crippen molar-refractivity contribution in [2.45, 2.75) is 39.5 Å². The van der Waals surface area contributed by atoms with Crippen LogP contribution < -0.4 is 0 Å². The molecule has 0 saturated carbocycles. The first-order valence-electron chi connectivity index (χ1n) is 6.78. The summed E-state index contributed by atoms with van der Waals surface area (Å²) in [5, 5.41) is 9.91. The lowest BCUT2D eigenvalue weighted by atomic mass is 9.79. The highest BCUT2D eigenvalue weighted by atomic mass is 16.3. The van der Waals surface area contributed by atoms with Gasteiger partial charge in [-0.05, 0) is 48.3 Å². The van der Waals surface area contributed by atoms with Gasteiger partial charge in [-0.25, -0.2) is 0 Å². The number of allylic oxidation sites excluding steroid dienone is 4. The Hall–Kier alpha value is -1.50. The van der Waals surface area contributed by atoms with E-state index >= 15 is 0 Å². The first kappa shape index (κ1) is 12.9. The number of aryl methyl sites for hydroxylation is 2. The maximum Gasteiger partial charge on any atom is 0.118 e. The third-order valence-electron chi connectivity index (χ3n) is 3.85. The highest BCUT2D eigenvalue weighted by molar-refractivity contribution is 5.36. The Morgan fingerprint density at radius 2 is 2.11 bits per heavy atom. The highest BCUT2D eigenvalue weighted by Gasteiger charge is 2.21. The Balaban J connectivity index is 2.06. The van der Waals surface area contributed by atoms with Crippen LogP contribution in [0, 0.1) is 5.41 Å². The van der Waals surface area contributed by atoms with Crippen LogP contribution in [0.3, 0.4) is 0 Å². The van der Waals surface area contributed by atoms with Crippen LogP contribution >= 0.6 is 0 Å². The van der Waals surface area contributed by atoms with Gasteiger partial charge in [-0.3, -0.25) is 0 Å². The van der Waals surface area contributed by atoms with Gasteiger partial charge in [-0.15, -0.1) is 0 Å². The summed E-state index contributed by atoms with van der Waals surface area (Å²) >= 11 is 0. The van der Waals surface area contributed by atoms with Gasteiger partial charge in [0, 0.05) is 0 Å². The van der Waals surface area contributed by atoms with Crippen LogP contribution in [0.5, 0.6) is 5.75 Å². The number of hydrogen-bond donors (Lipinski definition) is 1. The Kier molecular flexibility index (Phi) is 3.90. The Morgan fingerprint density at radius 1 is 1.28 bits per heavy atom. The van der Waals surface area contributed by atoms with Crippen LogP contribution in [0.4, 0.5) is 0 Å². The molecule has 1 N–H and O–H groups in total. The molecule has 18 heavy (non-hydrogen) atoms. The van der Waals surface area contributed by atoms with E-state index in [1.165, 1.54) is 5.56 Å². The van der Waals surface area contributed by atoms with E-state index in [1.54, 1.807) is 0 Å². The molecule has 0 fully saturated rings. The molecular formula is C17H22O. The summed E-state index contributed by atoms with van der Waals surface area (Å²) in [7, 11) is 0. The van der Waals surface area contributed by atoms with E-state index in [2.05, 4.69) is 44.2 Å². The third kappa shape index (κ3) is 3.04. The standard InChI is InChI=1S/C17H22O/c1-3-14-7-8-16(18)15(13-14)9-12-17(2)10-5-4-6-11-17/h4-8,10,13,18H,3,9,11-12H2,1-2H3. The summed E-state index contributed by atoms with van der Waals surface area (Å²) < 4.78 is 0. The number of hydrogen-bond acceptors (Lipinski definition) is 1. The maximum absolute atomic E-state index is 9.91. The van der Waals surface area contributed by atoms with E-state index < -0.39 is 0 Å². The first-order valence-corrected chi connectivity index (χ1v) is 6.78. The zero-order valence-corrected chi connectivity index (χ0v) is 11.3. The molecule has 0 bridgehead atoms. The third-order valence-corrected chi connectivity index (χ3v) is 3.85. The van der Waals surface area contributed by atoms with Crippen molar-refractivity contribution in [3.05, 3.63) is 53.6 Å². The van der Waals surface area contributed by atoms with Crippen LogP contribution in [0.15, 0.2) is 42.5 Å². The molecule has 1 atom stereocenters. The largest absolute Gasteiger partial charge is 0.508 e. The maximum atomic E-state index is 9.91. The van der Waals surface area contributed by atoms with Crippen molar-refractivity contribution in [2.75, 3.05) is 0 Å². The zero-order chi connectivity index (χ0) is 13.0. The van der Waals surface area contributed by atoms with Gasteiger partial charge in [-0.2, -0.15) is 0 Å². The molecule has 96 valence electrons. The van der Waals surface area contributed by atoms with Crippen molar-refractivity contribution in [3.63, 3.8) is 0 Å². The second-order valence-corrected chi connectivity index (χ2v) is 5.46. The van der Waals surface area contributed by atoms with Gasteiger partial charge in [0.15, 0.2) is 0 Å². The summed E-state index contributed by atoms with van der Waals surface area (Å²) in [5.41, 5.74) is 2.62. The topological polar surface area (TPSA) is 20.2 Å². The summed E-state index contributed by atoms with van der Waals surface area (Å²) in [5.74, 6) is 0.436. The second kappa shape index (κ2) is 5.43. The highest BCUT2D eigenvalue weighted by Crippen LogP contribution is 2.33. The van der Waals surface area contributed by atoms with Crippen LogP contribution in [-0.4, -0.2) is 5.11 Å². The number of aromatic hydroxyl groups is 1. The molecule has 0 spiro atoms. The molecule has 1 unspecified atom stereocenters. The summed E-state index contributed by atoms with van der Waals surface area (Å²) in [6.07, 6.45) is 12.9. The van der Waals surface area contributed by atoms with Crippen LogP contribution in [0.1, 0.15) is 37.8 Å². The minimum atomic E-state index is 0.239. The number of benzene rings is 1. The van der Waals surface area contributed by atoms with E-state index in [0.717, 1.165) is 31.2 Å². The lowest BCUT2D eigenvalue weighted by Crippen LogP contribution is -2.14. The van der Waals surface area contributed by atoms with Gasteiger partial charge in [0.1, 0.15) is 5.75 Å². The monoisotopic (exact) mass is 242 g/mol. The van der Waals surface area contributed by atoms with Crippen molar-refractivity contribution in [2.24, 2.45) is 5.41 Å². The van der Waals surface area contributed by atoms with Gasteiger partial charge in [0.2, 0.25) is 0 Å². The molecule has 0 radical (unpaired) electrons. The first-order chi connectivity index (χ1) is 8.63. The molecule has 1 aromatic carbocycles. The SMILES string of the molecule is CCc1ccc(O)c(CCC2(C)C=CC=CC2)c1. The van der Waals surface area contributed by atoms with Crippen LogP contribution in [0.2, 0.25) is 0 Å². The predicted octanol–water partition coefficient (Wildman–Crippen LogP) is 4.41. The van der Waals surface area contributed by atoms with Gasteiger partial charge >= 0.3 is 0 Å². The van der Waals surface area contributed by atoms with E-state index in [4.69, 9.17) is 0 Å². The molecule has 1 nitrogen and oxygen atoms in total. The number of rotatable bonds is 4. The molecule has 0 amide bonds. The summed E-state index contributed by atoms with van der Waals surface area (Å²) in [6.45, 7) is 4.43. The molecular weight excluding hydrogens is 220 g/mol. The molecule has 0 aliphatic heterocycles. The lowest BCUT2D eigenvalue weighted by molar-refractivity contribution is 0.388. The fourth-order valence-corrected chi connectivity index (χ4v) is 2.44. The molecule has 1 aliphatic rings. The quantitative estimate of drug-likeness (QED) is 0.829. The van der Waals surface area contributed by atoms with E-state index in [1.807, 2.05) is 12.1 Å². The summed E-state index contributed by atoms with van der Waals surface area (Å²) in [4.78, 5) is 0. The zero-order valence-electron chi connectivity index (χ0n) is 11.3. The lowest BCUT2D eigenvalue weighted by Gasteiger charge is -2.26. The minimum absolute atomic E-state index is 0.239. The van der Waals surface area contributed by atoms with Crippen molar-refractivity contribution in [1.82, 2.24) is 0 Å². The minimum Gasteiger partial charge on any atom is -0.508 e. The van der Waals surface area contributed by atoms with Gasteiger partial charge in [-0.1, -0.05) is 50.3 Å². The van der Waals surface area contributed by atoms with Gasteiger partial charge in [0.25, 0.3) is 0 Å². The molecule has 2 rings (SSSR count). The molecule has 1 heteroatoms. The predicted molar refractivity (Wildman–Crippen MR) is 76.8 cm³/mol. The number of phenols is 1. The van der Waals surface area contributed by atoms with Crippen molar-refractivity contribution in [3.8, 4) is 5.75 Å². The number of phenolic OH excluding ortho intramolecular Hbond substituents is 1. The Morgan fingerprint density at radius 3 is 2.78 bits per heavy atom. The average molecular weight is 242 g/mol. The second-order valence-electron chi connectivity index (χ2n) is 5.46. The molecule has 0 heterocycles. The van der Waals surface area contributed by atoms with Gasteiger partial charge < -0.3 is 5.11 Å². The van der Waals surface area contributed by atoms with E-state index in [-0.39, 0.29) is 5.41 Å². The van der Waals surface area contributed by atoms with Gasteiger partial charge in [0.05, 0.1) is 0 Å². The molecule has 1 aromatic rings. The fourth-order valence-electron chi connectivity index (χ4n) is 2.44. The van der Waals surface area contributed by atoms with Crippen molar-refractivity contribution >= 4 is 0 Å². The Bertz CT molecular complexity index is 470. The molecule has 0 aromatic heterocycles. The van der Waals surface area contributed by atoms with E-state index in [9.17, 15) is 5.11 Å². The van der Waals surface area contributed by atoms with Crippen molar-refractivity contribution < 1.29 is 5.11 Å². The molecule has 1 aliphatic carbocycles. The fraction of sp³-hybridized carbons (Fsp3) is 0.412. The van der Waals surface area contributed by atoms with Crippen molar-refractivity contribution in [1.29, 1.82) is 0 Å². The van der Waals surface area contributed by atoms with Crippen LogP contribution in [-0.2, 0) is 12.8 Å². The van der Waals surface area contributed by atoms with Crippen LogP contribution in [0.25, 0.3) is 0 Å². The average Bonchev–Trinajstić information content (AvgIpc) is 2.39. The summed E-state index contributed by atoms with van der Waals surface area (Å²) in [6, 6.07) is 5.97.